The van der Waals surface area contributed by atoms with E-state index in [2.05, 4.69) is 10.6 Å². The van der Waals surface area contributed by atoms with Crippen molar-refractivity contribution in [3.8, 4) is 0 Å². The molecule has 2 rings (SSSR count). The zero-order valence-corrected chi connectivity index (χ0v) is 11.8. The Balaban J connectivity index is 2.20. The van der Waals surface area contributed by atoms with Crippen molar-refractivity contribution >= 4 is 11.4 Å². The molecule has 0 bridgehead atoms. The van der Waals surface area contributed by atoms with Gasteiger partial charge in [-0.05, 0) is 25.0 Å². The fraction of sp³-hybridized carbons (Fsp3) is 0.200. The quantitative estimate of drug-likeness (QED) is 0.376. The third-order valence-corrected chi connectivity index (χ3v) is 3.22. The second kappa shape index (κ2) is 6.21. The number of aryl methyl sites for hydroxylation is 2. The maximum absolute atomic E-state index is 13.5. The van der Waals surface area contributed by atoms with Crippen molar-refractivity contribution in [1.82, 2.24) is 0 Å². The molecule has 0 unspecified atom stereocenters. The van der Waals surface area contributed by atoms with Gasteiger partial charge < -0.3 is 10.6 Å². The minimum absolute atomic E-state index is 0.204. The van der Waals surface area contributed by atoms with Gasteiger partial charge in [0.15, 0.2) is 23.3 Å². The molecule has 0 amide bonds. The van der Waals surface area contributed by atoms with Crippen LogP contribution in [-0.4, -0.2) is 6.67 Å². The van der Waals surface area contributed by atoms with Crippen molar-refractivity contribution < 1.29 is 22.0 Å². The molecule has 7 heteroatoms. The van der Waals surface area contributed by atoms with E-state index < -0.39 is 34.8 Å². The predicted octanol–water partition coefficient (Wildman–Crippen LogP) is 4.48. The van der Waals surface area contributed by atoms with E-state index in [1.165, 1.54) is 0 Å². The molecule has 0 saturated heterocycles. The van der Waals surface area contributed by atoms with Gasteiger partial charge in [-0.1, -0.05) is 18.2 Å². The molecule has 0 fully saturated rings. The summed E-state index contributed by atoms with van der Waals surface area (Å²) in [5, 5.41) is 5.04. The van der Waals surface area contributed by atoms with E-state index in [1.54, 1.807) is 0 Å². The van der Waals surface area contributed by atoms with Gasteiger partial charge in [0.25, 0.3) is 0 Å². The molecular weight excluding hydrogens is 303 g/mol. The Morgan fingerprint density at radius 3 is 1.59 bits per heavy atom. The first kappa shape index (κ1) is 16.1. The van der Waals surface area contributed by atoms with Gasteiger partial charge in [-0.2, -0.15) is 0 Å². The maximum Gasteiger partial charge on any atom is 0.200 e. The summed E-state index contributed by atoms with van der Waals surface area (Å²) >= 11 is 0. The van der Waals surface area contributed by atoms with Crippen LogP contribution in [0.1, 0.15) is 11.1 Å². The maximum atomic E-state index is 13.5. The van der Waals surface area contributed by atoms with Crippen LogP contribution in [0.5, 0.6) is 0 Å². The lowest BCUT2D eigenvalue weighted by molar-refractivity contribution is 0.381. The lowest BCUT2D eigenvalue weighted by Crippen LogP contribution is -2.17. The number of para-hydroxylation sites is 1. The molecular formula is C15H13F5N2. The zero-order chi connectivity index (χ0) is 16.4. The number of anilines is 2. The van der Waals surface area contributed by atoms with Crippen LogP contribution >= 0.6 is 0 Å². The van der Waals surface area contributed by atoms with Crippen molar-refractivity contribution in [2.45, 2.75) is 13.8 Å². The van der Waals surface area contributed by atoms with Crippen LogP contribution in [0.15, 0.2) is 18.2 Å². The Kier molecular flexibility index (Phi) is 4.54. The predicted molar refractivity (Wildman–Crippen MR) is 74.3 cm³/mol. The molecule has 2 aromatic rings. The van der Waals surface area contributed by atoms with Crippen molar-refractivity contribution in [1.29, 1.82) is 0 Å². The molecule has 0 aliphatic heterocycles. The minimum atomic E-state index is -2.18. The molecule has 2 nitrogen and oxygen atoms in total. The lowest BCUT2D eigenvalue weighted by atomic mass is 10.1. The minimum Gasteiger partial charge on any atom is -0.368 e. The van der Waals surface area contributed by atoms with Gasteiger partial charge in [-0.15, -0.1) is 0 Å². The monoisotopic (exact) mass is 316 g/mol. The van der Waals surface area contributed by atoms with Crippen molar-refractivity contribution in [3.63, 3.8) is 0 Å². The number of hydrogen-bond acceptors (Lipinski definition) is 2. The summed E-state index contributed by atoms with van der Waals surface area (Å²) in [4.78, 5) is 0. The highest BCUT2D eigenvalue weighted by atomic mass is 19.2. The van der Waals surface area contributed by atoms with Crippen molar-refractivity contribution in [3.05, 3.63) is 58.4 Å². The molecule has 0 radical (unpaired) electrons. The number of halogens is 5. The molecule has 0 aliphatic carbocycles. The Morgan fingerprint density at radius 1 is 0.682 bits per heavy atom. The standard InChI is InChI=1S/C15H13F5N2/c1-7-4-3-5-8(2)14(7)21-6-22-15-12(19)10(17)9(16)11(18)13(15)20/h3-5,21-22H,6H2,1-2H3. The van der Waals surface area contributed by atoms with Gasteiger partial charge in [0, 0.05) is 5.69 Å². The van der Waals surface area contributed by atoms with Crippen LogP contribution in [0.25, 0.3) is 0 Å². The highest BCUT2D eigenvalue weighted by Gasteiger charge is 2.25. The van der Waals surface area contributed by atoms with Crippen LogP contribution in [0.3, 0.4) is 0 Å². The van der Waals surface area contributed by atoms with Crippen LogP contribution in [0.4, 0.5) is 33.3 Å². The number of rotatable bonds is 4. The smallest absolute Gasteiger partial charge is 0.200 e. The van der Waals surface area contributed by atoms with Gasteiger partial charge in [-0.25, -0.2) is 22.0 Å². The number of benzene rings is 2. The SMILES string of the molecule is Cc1cccc(C)c1NCNc1c(F)c(F)c(F)c(F)c1F. The lowest BCUT2D eigenvalue weighted by Gasteiger charge is -2.15. The number of nitrogens with one attached hydrogen (secondary N) is 2. The first-order valence-electron chi connectivity index (χ1n) is 6.40. The third-order valence-electron chi connectivity index (χ3n) is 3.22. The summed E-state index contributed by atoms with van der Waals surface area (Å²) in [7, 11) is 0. The fourth-order valence-electron chi connectivity index (χ4n) is 2.07. The summed E-state index contributed by atoms with van der Waals surface area (Å²) in [5.41, 5.74) is 1.44. The highest BCUT2D eigenvalue weighted by Crippen LogP contribution is 2.27. The summed E-state index contributed by atoms with van der Waals surface area (Å²) < 4.78 is 66.0. The zero-order valence-electron chi connectivity index (χ0n) is 11.8. The van der Waals surface area contributed by atoms with Crippen molar-refractivity contribution in [2.75, 3.05) is 17.3 Å². The van der Waals surface area contributed by atoms with Crippen LogP contribution < -0.4 is 10.6 Å². The molecule has 0 aliphatic rings. The Morgan fingerprint density at radius 2 is 1.09 bits per heavy atom. The fourth-order valence-corrected chi connectivity index (χ4v) is 2.07. The van der Waals surface area contributed by atoms with E-state index >= 15 is 0 Å². The second-order valence-corrected chi connectivity index (χ2v) is 4.74. The molecule has 2 aromatic carbocycles. The Bertz CT molecular complexity index is 666. The second-order valence-electron chi connectivity index (χ2n) is 4.74. The molecule has 0 spiro atoms. The molecule has 22 heavy (non-hydrogen) atoms. The number of hydrogen-bond donors (Lipinski definition) is 2. The molecule has 118 valence electrons. The van der Waals surface area contributed by atoms with Gasteiger partial charge in [0.05, 0.1) is 6.67 Å². The van der Waals surface area contributed by atoms with Gasteiger partial charge in [0.1, 0.15) is 5.69 Å². The Hall–Kier alpha value is -2.31. The molecule has 0 saturated carbocycles. The van der Waals surface area contributed by atoms with Crippen molar-refractivity contribution in [2.24, 2.45) is 0 Å². The molecule has 0 heterocycles. The summed E-state index contributed by atoms with van der Waals surface area (Å²) in [6.07, 6.45) is 0. The van der Waals surface area contributed by atoms with E-state index in [-0.39, 0.29) is 6.67 Å². The van der Waals surface area contributed by atoms with Gasteiger partial charge in [-0.3, -0.25) is 0 Å². The van der Waals surface area contributed by atoms with E-state index in [4.69, 9.17) is 0 Å². The first-order chi connectivity index (χ1) is 10.3. The van der Waals surface area contributed by atoms with Gasteiger partial charge >= 0.3 is 0 Å². The third kappa shape index (κ3) is 2.84. The molecule has 0 atom stereocenters. The van der Waals surface area contributed by atoms with Crippen LogP contribution in [0, 0.1) is 42.9 Å². The largest absolute Gasteiger partial charge is 0.368 e. The van der Waals surface area contributed by atoms with E-state index in [0.29, 0.717) is 0 Å². The topological polar surface area (TPSA) is 24.1 Å². The Labute approximate surface area is 124 Å². The summed E-state index contributed by atoms with van der Waals surface area (Å²) in [6.45, 7) is 3.45. The highest BCUT2D eigenvalue weighted by molar-refractivity contribution is 5.57. The first-order valence-corrected chi connectivity index (χ1v) is 6.40. The average molecular weight is 316 g/mol. The van der Waals surface area contributed by atoms with Crippen LogP contribution in [0.2, 0.25) is 0 Å². The van der Waals surface area contributed by atoms with E-state index in [9.17, 15) is 22.0 Å². The average Bonchev–Trinajstić information content (AvgIpc) is 2.49. The van der Waals surface area contributed by atoms with Gasteiger partial charge in [0.2, 0.25) is 5.82 Å². The van der Waals surface area contributed by atoms with Crippen LogP contribution in [-0.2, 0) is 0 Å². The summed E-state index contributed by atoms with van der Waals surface area (Å²) in [5.74, 6) is -9.91. The van der Waals surface area contributed by atoms with E-state index in [1.807, 2.05) is 32.0 Å². The molecule has 2 N–H and O–H groups in total. The summed E-state index contributed by atoms with van der Waals surface area (Å²) in [6, 6.07) is 5.49. The van der Waals surface area contributed by atoms with E-state index in [0.717, 1.165) is 16.8 Å². The molecule has 0 aromatic heterocycles. The normalized spacial score (nSPS) is 10.7.